The van der Waals surface area contributed by atoms with Crippen LogP contribution in [-0.2, 0) is 0 Å². The molecular formula is C4H5Cl5. The van der Waals surface area contributed by atoms with Crippen LogP contribution in [0.5, 0.6) is 0 Å². The van der Waals surface area contributed by atoms with Crippen molar-refractivity contribution in [2.24, 2.45) is 0 Å². The molecule has 0 aromatic rings. The molecule has 0 saturated carbocycles. The fourth-order valence-electron chi connectivity index (χ4n) is 0. The Morgan fingerprint density at radius 2 is 0.778 bits per heavy atom. The minimum atomic E-state index is 0. The Morgan fingerprint density at radius 3 is 0.778 bits per heavy atom. The number of hydrogen-bond acceptors (Lipinski definition) is 0. The van der Waals surface area contributed by atoms with Gasteiger partial charge in [-0.15, -0.1) is 12.4 Å². The SMILES string of the molecule is C=C(Cl)Cl.C=C(Cl)Cl.Cl. The molecule has 0 fully saturated rings. The van der Waals surface area contributed by atoms with E-state index in [4.69, 9.17) is 46.4 Å². The van der Waals surface area contributed by atoms with Crippen LogP contribution in [0.25, 0.3) is 0 Å². The number of halogens is 5. The summed E-state index contributed by atoms with van der Waals surface area (Å²) in [6.45, 7) is 6.17. The van der Waals surface area contributed by atoms with Crippen molar-refractivity contribution in [3.8, 4) is 0 Å². The van der Waals surface area contributed by atoms with Gasteiger partial charge in [0.1, 0.15) is 0 Å². The summed E-state index contributed by atoms with van der Waals surface area (Å²) in [6, 6.07) is 0. The lowest BCUT2D eigenvalue weighted by Crippen LogP contribution is -1.24. The normalized spacial score (nSPS) is 5.78. The van der Waals surface area contributed by atoms with Crippen molar-refractivity contribution in [3.05, 3.63) is 22.1 Å². The van der Waals surface area contributed by atoms with Crippen LogP contribution in [0.1, 0.15) is 0 Å². The first-order valence-electron chi connectivity index (χ1n) is 1.46. The van der Waals surface area contributed by atoms with Crippen molar-refractivity contribution in [1.29, 1.82) is 0 Å². The zero-order chi connectivity index (χ0) is 7.15. The van der Waals surface area contributed by atoms with E-state index in [-0.39, 0.29) is 21.4 Å². The van der Waals surface area contributed by atoms with Crippen LogP contribution in [0, 0.1) is 0 Å². The summed E-state index contributed by atoms with van der Waals surface area (Å²) in [7, 11) is 0. The van der Waals surface area contributed by atoms with Crippen molar-refractivity contribution in [2.45, 2.75) is 0 Å². The van der Waals surface area contributed by atoms with Gasteiger partial charge in [-0.2, -0.15) is 0 Å². The fourth-order valence-corrected chi connectivity index (χ4v) is 0. The quantitative estimate of drug-likeness (QED) is 0.582. The van der Waals surface area contributed by atoms with Gasteiger partial charge < -0.3 is 0 Å². The highest BCUT2D eigenvalue weighted by atomic mass is 35.5. The van der Waals surface area contributed by atoms with Gasteiger partial charge >= 0.3 is 0 Å². The summed E-state index contributed by atoms with van der Waals surface area (Å²) in [5.74, 6) is 0. The highest BCUT2D eigenvalue weighted by molar-refractivity contribution is 6.55. The Balaban J connectivity index is -0.0000000720. The van der Waals surface area contributed by atoms with E-state index in [1.54, 1.807) is 0 Å². The molecule has 0 aromatic carbocycles. The van der Waals surface area contributed by atoms with Gasteiger partial charge in [0.15, 0.2) is 0 Å². The molecule has 0 heterocycles. The molecular weight excluding hydrogens is 225 g/mol. The summed E-state index contributed by atoms with van der Waals surface area (Å²) >= 11 is 19.4. The van der Waals surface area contributed by atoms with Gasteiger partial charge in [0.05, 0.1) is 8.98 Å². The Kier molecular flexibility index (Phi) is 21.4. The van der Waals surface area contributed by atoms with E-state index in [0.29, 0.717) is 0 Å². The molecule has 0 amide bonds. The van der Waals surface area contributed by atoms with Gasteiger partial charge in [0.2, 0.25) is 0 Å². The van der Waals surface area contributed by atoms with Crippen LogP contribution >= 0.6 is 58.8 Å². The topological polar surface area (TPSA) is 0 Å². The van der Waals surface area contributed by atoms with Crippen molar-refractivity contribution >= 4 is 58.8 Å². The van der Waals surface area contributed by atoms with E-state index in [0.717, 1.165) is 0 Å². The van der Waals surface area contributed by atoms with E-state index >= 15 is 0 Å². The van der Waals surface area contributed by atoms with E-state index in [1.165, 1.54) is 0 Å². The van der Waals surface area contributed by atoms with Crippen LogP contribution in [0.3, 0.4) is 0 Å². The molecule has 0 rings (SSSR count). The minimum Gasteiger partial charge on any atom is -0.147 e. The predicted octanol–water partition coefficient (Wildman–Crippen LogP) is 4.29. The van der Waals surface area contributed by atoms with Crippen LogP contribution < -0.4 is 0 Å². The van der Waals surface area contributed by atoms with Gasteiger partial charge in [-0.05, 0) is 0 Å². The second-order valence-electron chi connectivity index (χ2n) is 0.677. The van der Waals surface area contributed by atoms with Gasteiger partial charge in [0.25, 0.3) is 0 Å². The number of hydrogen-bond donors (Lipinski definition) is 0. The Morgan fingerprint density at radius 1 is 0.778 bits per heavy atom. The molecule has 56 valence electrons. The predicted molar refractivity (Wildman–Crippen MR) is 48.9 cm³/mol. The van der Waals surface area contributed by atoms with Gasteiger partial charge in [-0.1, -0.05) is 59.6 Å². The molecule has 0 aliphatic rings. The minimum absolute atomic E-state index is 0. The summed E-state index contributed by atoms with van der Waals surface area (Å²) in [5, 5.41) is 0. The van der Waals surface area contributed by atoms with Crippen molar-refractivity contribution in [1.82, 2.24) is 0 Å². The highest BCUT2D eigenvalue weighted by Crippen LogP contribution is 1.98. The third kappa shape index (κ3) is 496. The van der Waals surface area contributed by atoms with Crippen molar-refractivity contribution in [3.63, 3.8) is 0 Å². The first-order chi connectivity index (χ1) is 3.46. The van der Waals surface area contributed by atoms with Crippen molar-refractivity contribution in [2.75, 3.05) is 0 Å². The second kappa shape index (κ2) is 11.7. The molecule has 0 atom stereocenters. The lowest BCUT2D eigenvalue weighted by Gasteiger charge is -1.57. The maximum absolute atomic E-state index is 4.85. The first kappa shape index (κ1) is 16.5. The van der Waals surface area contributed by atoms with E-state index in [2.05, 4.69) is 13.2 Å². The van der Waals surface area contributed by atoms with E-state index in [9.17, 15) is 0 Å². The molecule has 0 bridgehead atoms. The van der Waals surface area contributed by atoms with E-state index in [1.807, 2.05) is 0 Å². The molecule has 0 aliphatic heterocycles. The largest absolute Gasteiger partial charge is 0.147 e. The fraction of sp³-hybridized carbons (Fsp3) is 0. The first-order valence-corrected chi connectivity index (χ1v) is 2.97. The Bertz CT molecular complexity index is 67.0. The average Bonchev–Trinajstić information content (AvgIpc) is 1.25. The Hall–Kier alpha value is 0.930. The van der Waals surface area contributed by atoms with Gasteiger partial charge in [0, 0.05) is 0 Å². The monoisotopic (exact) mass is 228 g/mol. The average molecular weight is 230 g/mol. The lowest BCUT2D eigenvalue weighted by molar-refractivity contribution is 2.45. The van der Waals surface area contributed by atoms with Crippen LogP contribution in [0.2, 0.25) is 0 Å². The molecule has 0 spiro atoms. The number of rotatable bonds is 0. The molecule has 0 N–H and O–H groups in total. The molecule has 9 heavy (non-hydrogen) atoms. The molecule has 0 radical (unpaired) electrons. The zero-order valence-corrected chi connectivity index (χ0v) is 8.17. The third-order valence-corrected chi connectivity index (χ3v) is 0. The maximum atomic E-state index is 4.85. The summed E-state index contributed by atoms with van der Waals surface area (Å²) in [6.07, 6.45) is 0. The highest BCUT2D eigenvalue weighted by Gasteiger charge is 1.60. The van der Waals surface area contributed by atoms with E-state index < -0.39 is 0 Å². The zero-order valence-electron chi connectivity index (χ0n) is 4.33. The molecule has 0 aromatic heterocycles. The maximum Gasteiger partial charge on any atom is 0.0992 e. The summed E-state index contributed by atoms with van der Waals surface area (Å²) in [4.78, 5) is 0. The molecule has 0 aliphatic carbocycles. The Labute approximate surface area is 80.8 Å². The smallest absolute Gasteiger partial charge is 0.0992 e. The molecule has 0 unspecified atom stereocenters. The van der Waals surface area contributed by atoms with Gasteiger partial charge in [-0.25, -0.2) is 0 Å². The van der Waals surface area contributed by atoms with Crippen molar-refractivity contribution < 1.29 is 0 Å². The third-order valence-electron chi connectivity index (χ3n) is 0. The lowest BCUT2D eigenvalue weighted by atomic mass is 11.3. The van der Waals surface area contributed by atoms with Crippen LogP contribution in [-0.4, -0.2) is 0 Å². The summed E-state index contributed by atoms with van der Waals surface area (Å²) < 4.78 is 0.222. The van der Waals surface area contributed by atoms with Crippen LogP contribution in [0.15, 0.2) is 22.1 Å². The molecule has 0 saturated heterocycles. The van der Waals surface area contributed by atoms with Crippen LogP contribution in [0.4, 0.5) is 0 Å². The van der Waals surface area contributed by atoms with Gasteiger partial charge in [-0.3, -0.25) is 0 Å². The molecule has 5 heteroatoms. The molecule has 0 nitrogen and oxygen atoms in total. The second-order valence-corrected chi connectivity index (χ2v) is 2.89. The standard InChI is InChI=1S/2C2H2Cl2.ClH/c2*1-2(3)4;/h2*1H2;1H. The summed E-state index contributed by atoms with van der Waals surface area (Å²) in [5.41, 5.74) is 0.